The van der Waals surface area contributed by atoms with E-state index in [2.05, 4.69) is 42.2 Å². The largest absolute Gasteiger partial charge is 0.376 e. The molecule has 1 aromatic carbocycles. The van der Waals surface area contributed by atoms with E-state index in [-0.39, 0.29) is 0 Å². The van der Waals surface area contributed by atoms with Crippen LogP contribution in [-0.2, 0) is 11.2 Å². The van der Waals surface area contributed by atoms with Crippen molar-refractivity contribution in [3.8, 4) is 0 Å². The monoisotopic (exact) mass is 248 g/mol. The van der Waals surface area contributed by atoms with E-state index in [9.17, 15) is 0 Å². The maximum absolute atomic E-state index is 5.93. The maximum Gasteiger partial charge on any atom is 0.0674 e. The number of nitrogens with zero attached hydrogens (tertiary/aromatic N) is 1. The summed E-state index contributed by atoms with van der Waals surface area (Å²) in [5, 5.41) is 0. The molecule has 1 heterocycles. The van der Waals surface area contributed by atoms with E-state index >= 15 is 0 Å². The average molecular weight is 248 g/mol. The lowest BCUT2D eigenvalue weighted by Crippen LogP contribution is -2.49. The molecule has 1 aromatic rings. The molecule has 18 heavy (non-hydrogen) atoms. The van der Waals surface area contributed by atoms with Crippen LogP contribution in [0.3, 0.4) is 0 Å². The van der Waals surface area contributed by atoms with Gasteiger partial charge in [-0.25, -0.2) is 0 Å². The number of aryl methyl sites for hydroxylation is 1. The van der Waals surface area contributed by atoms with Gasteiger partial charge < -0.3 is 10.5 Å². The topological polar surface area (TPSA) is 38.5 Å². The van der Waals surface area contributed by atoms with E-state index in [1.807, 2.05) is 0 Å². The molecule has 3 nitrogen and oxygen atoms in total. The minimum Gasteiger partial charge on any atom is -0.376 e. The van der Waals surface area contributed by atoms with Crippen LogP contribution in [0.1, 0.15) is 18.9 Å². The molecule has 0 saturated carbocycles. The first-order valence-corrected chi connectivity index (χ1v) is 6.89. The number of hydrogen-bond donors (Lipinski definition) is 1. The Labute approximate surface area is 110 Å². The van der Waals surface area contributed by atoms with Gasteiger partial charge in [0, 0.05) is 25.7 Å². The van der Waals surface area contributed by atoms with Crippen LogP contribution in [0.4, 0.5) is 0 Å². The molecule has 2 rings (SSSR count). The Morgan fingerprint density at radius 3 is 2.83 bits per heavy atom. The quantitative estimate of drug-likeness (QED) is 0.861. The fourth-order valence-electron chi connectivity index (χ4n) is 2.60. The van der Waals surface area contributed by atoms with Crippen LogP contribution in [0, 0.1) is 0 Å². The highest BCUT2D eigenvalue weighted by Crippen LogP contribution is 2.13. The van der Waals surface area contributed by atoms with E-state index in [0.717, 1.165) is 39.1 Å². The zero-order chi connectivity index (χ0) is 12.8. The summed E-state index contributed by atoms with van der Waals surface area (Å²) in [6.45, 7) is 5.73. The van der Waals surface area contributed by atoms with Crippen molar-refractivity contribution in [1.29, 1.82) is 0 Å². The SMILES string of the molecule is CC1CN(C(CN)CCc2ccccc2)CCO1. The summed E-state index contributed by atoms with van der Waals surface area (Å²) < 4.78 is 5.58. The highest BCUT2D eigenvalue weighted by molar-refractivity contribution is 5.14. The fourth-order valence-corrected chi connectivity index (χ4v) is 2.60. The smallest absolute Gasteiger partial charge is 0.0674 e. The third-order valence-electron chi connectivity index (χ3n) is 3.67. The molecule has 1 fully saturated rings. The predicted molar refractivity (Wildman–Crippen MR) is 74.6 cm³/mol. The van der Waals surface area contributed by atoms with Crippen LogP contribution in [0.15, 0.2) is 30.3 Å². The Kier molecular flexibility index (Phi) is 5.17. The number of ether oxygens (including phenoxy) is 1. The Balaban J connectivity index is 1.85. The van der Waals surface area contributed by atoms with E-state index in [0.29, 0.717) is 12.1 Å². The van der Waals surface area contributed by atoms with Crippen molar-refractivity contribution in [3.63, 3.8) is 0 Å². The maximum atomic E-state index is 5.93. The molecule has 0 aromatic heterocycles. The molecule has 0 spiro atoms. The van der Waals surface area contributed by atoms with Gasteiger partial charge in [-0.3, -0.25) is 4.90 Å². The zero-order valence-electron chi connectivity index (χ0n) is 11.2. The highest BCUT2D eigenvalue weighted by Gasteiger charge is 2.22. The summed E-state index contributed by atoms with van der Waals surface area (Å²) in [7, 11) is 0. The van der Waals surface area contributed by atoms with Gasteiger partial charge in [0.2, 0.25) is 0 Å². The molecule has 0 aliphatic carbocycles. The van der Waals surface area contributed by atoms with Crippen molar-refractivity contribution in [2.45, 2.75) is 31.9 Å². The third kappa shape index (κ3) is 3.80. The molecule has 2 unspecified atom stereocenters. The van der Waals surface area contributed by atoms with Crippen molar-refractivity contribution in [2.75, 3.05) is 26.2 Å². The van der Waals surface area contributed by atoms with Gasteiger partial charge in [-0.1, -0.05) is 30.3 Å². The molecular formula is C15H24N2O. The molecule has 1 saturated heterocycles. The fraction of sp³-hybridized carbons (Fsp3) is 0.600. The standard InChI is InChI=1S/C15H24N2O/c1-13-12-17(9-10-18-13)15(11-16)8-7-14-5-3-2-4-6-14/h2-6,13,15H,7-12,16H2,1H3. The average Bonchev–Trinajstić information content (AvgIpc) is 2.41. The van der Waals surface area contributed by atoms with Crippen LogP contribution in [-0.4, -0.2) is 43.3 Å². The second-order valence-electron chi connectivity index (χ2n) is 5.09. The predicted octanol–water partition coefficient (Wildman–Crippen LogP) is 1.67. The zero-order valence-corrected chi connectivity index (χ0v) is 11.2. The number of benzene rings is 1. The molecule has 3 heteroatoms. The molecule has 1 aliphatic rings. The van der Waals surface area contributed by atoms with Crippen molar-refractivity contribution >= 4 is 0 Å². The van der Waals surface area contributed by atoms with Crippen LogP contribution in [0.5, 0.6) is 0 Å². The highest BCUT2D eigenvalue weighted by atomic mass is 16.5. The van der Waals surface area contributed by atoms with Crippen LogP contribution in [0.25, 0.3) is 0 Å². The minimum atomic E-state index is 0.338. The molecule has 0 bridgehead atoms. The Morgan fingerprint density at radius 2 is 2.17 bits per heavy atom. The second-order valence-corrected chi connectivity index (χ2v) is 5.09. The summed E-state index contributed by atoms with van der Waals surface area (Å²) in [6.07, 6.45) is 2.58. The minimum absolute atomic E-state index is 0.338. The van der Waals surface area contributed by atoms with Crippen molar-refractivity contribution in [2.24, 2.45) is 5.73 Å². The van der Waals surface area contributed by atoms with Crippen molar-refractivity contribution in [1.82, 2.24) is 4.90 Å². The number of morpholine rings is 1. The molecule has 2 atom stereocenters. The third-order valence-corrected chi connectivity index (χ3v) is 3.67. The summed E-state index contributed by atoms with van der Waals surface area (Å²) in [5.41, 5.74) is 7.33. The lowest BCUT2D eigenvalue weighted by molar-refractivity contribution is -0.0337. The summed E-state index contributed by atoms with van der Waals surface area (Å²) in [5.74, 6) is 0. The first-order chi connectivity index (χ1) is 8.79. The summed E-state index contributed by atoms with van der Waals surface area (Å²) in [4.78, 5) is 2.48. The van der Waals surface area contributed by atoms with Gasteiger partial charge in [0.15, 0.2) is 0 Å². The van der Waals surface area contributed by atoms with E-state index in [1.165, 1.54) is 5.56 Å². The Morgan fingerprint density at radius 1 is 1.39 bits per heavy atom. The summed E-state index contributed by atoms with van der Waals surface area (Å²) >= 11 is 0. The molecule has 100 valence electrons. The van der Waals surface area contributed by atoms with Crippen LogP contribution < -0.4 is 5.73 Å². The summed E-state index contributed by atoms with van der Waals surface area (Å²) in [6, 6.07) is 11.1. The van der Waals surface area contributed by atoms with Gasteiger partial charge >= 0.3 is 0 Å². The van der Waals surface area contributed by atoms with E-state index in [4.69, 9.17) is 10.5 Å². The van der Waals surface area contributed by atoms with Gasteiger partial charge in [0.05, 0.1) is 12.7 Å². The van der Waals surface area contributed by atoms with E-state index < -0.39 is 0 Å². The Bertz CT molecular complexity index is 342. The van der Waals surface area contributed by atoms with Gasteiger partial charge in [-0.15, -0.1) is 0 Å². The normalized spacial score (nSPS) is 22.9. The van der Waals surface area contributed by atoms with Gasteiger partial charge in [0.1, 0.15) is 0 Å². The van der Waals surface area contributed by atoms with Gasteiger partial charge in [-0.05, 0) is 25.3 Å². The van der Waals surface area contributed by atoms with E-state index in [1.54, 1.807) is 0 Å². The lowest BCUT2D eigenvalue weighted by atomic mass is 10.0. The Hall–Kier alpha value is -0.900. The number of rotatable bonds is 5. The first-order valence-electron chi connectivity index (χ1n) is 6.89. The van der Waals surface area contributed by atoms with Crippen LogP contribution in [0.2, 0.25) is 0 Å². The molecule has 1 aliphatic heterocycles. The first kappa shape index (κ1) is 13.5. The second kappa shape index (κ2) is 6.88. The number of nitrogens with two attached hydrogens (primary N) is 1. The van der Waals surface area contributed by atoms with Gasteiger partial charge in [-0.2, -0.15) is 0 Å². The van der Waals surface area contributed by atoms with Crippen molar-refractivity contribution < 1.29 is 4.74 Å². The van der Waals surface area contributed by atoms with Crippen LogP contribution >= 0.6 is 0 Å². The van der Waals surface area contributed by atoms with Gasteiger partial charge in [0.25, 0.3) is 0 Å². The molecule has 2 N–H and O–H groups in total. The molecule has 0 radical (unpaired) electrons. The number of hydrogen-bond acceptors (Lipinski definition) is 3. The van der Waals surface area contributed by atoms with Crippen molar-refractivity contribution in [3.05, 3.63) is 35.9 Å². The lowest BCUT2D eigenvalue weighted by Gasteiger charge is -2.36. The molecular weight excluding hydrogens is 224 g/mol. The molecule has 0 amide bonds.